The van der Waals surface area contributed by atoms with Crippen LogP contribution in [0, 0.1) is 6.92 Å². The van der Waals surface area contributed by atoms with Gasteiger partial charge in [-0.15, -0.1) is 0 Å². The molecule has 3 rings (SSSR count). The summed E-state index contributed by atoms with van der Waals surface area (Å²) >= 11 is 6.15. The van der Waals surface area contributed by atoms with Crippen molar-refractivity contribution in [1.29, 1.82) is 0 Å². The maximum Gasteiger partial charge on any atom is 0.261 e. The molecule has 0 aromatic heterocycles. The minimum Gasteiger partial charge on any atom is -0.322 e. The minimum atomic E-state index is -3.82. The molecule has 0 unspecified atom stereocenters. The van der Waals surface area contributed by atoms with Crippen LogP contribution in [-0.4, -0.2) is 20.1 Å². The molecule has 0 saturated carbocycles. The predicted molar refractivity (Wildman–Crippen MR) is 118 cm³/mol. The number of benzene rings is 3. The normalized spacial score (nSPS) is 11.0. The Morgan fingerprint density at radius 2 is 1.60 bits per heavy atom. The summed E-state index contributed by atoms with van der Waals surface area (Å²) in [7, 11) is -3.82. The van der Waals surface area contributed by atoms with E-state index in [-0.39, 0.29) is 27.0 Å². The first-order chi connectivity index (χ1) is 14.2. The van der Waals surface area contributed by atoms with Crippen molar-refractivity contribution in [1.82, 2.24) is 0 Å². The van der Waals surface area contributed by atoms with Crippen LogP contribution in [0.3, 0.4) is 0 Å². The Kier molecular flexibility index (Phi) is 6.24. The number of Topliss-reactive ketones (excluding diaryl/α,β-unsaturated/α-hetero) is 1. The Morgan fingerprint density at radius 1 is 0.900 bits per heavy atom. The van der Waals surface area contributed by atoms with Crippen LogP contribution in [0.4, 0.5) is 11.4 Å². The number of ketones is 1. The zero-order valence-electron chi connectivity index (χ0n) is 16.3. The van der Waals surface area contributed by atoms with Crippen LogP contribution in [0.2, 0.25) is 5.02 Å². The number of rotatable bonds is 6. The highest BCUT2D eigenvalue weighted by molar-refractivity contribution is 7.92. The highest BCUT2D eigenvalue weighted by Crippen LogP contribution is 2.24. The Morgan fingerprint density at radius 3 is 2.27 bits per heavy atom. The van der Waals surface area contributed by atoms with Crippen LogP contribution in [0.1, 0.15) is 33.2 Å². The molecule has 0 radical (unpaired) electrons. The molecule has 0 aliphatic carbocycles. The van der Waals surface area contributed by atoms with Crippen molar-refractivity contribution in [3.63, 3.8) is 0 Å². The van der Waals surface area contributed by atoms with Crippen LogP contribution in [0.5, 0.6) is 0 Å². The molecule has 0 bridgehead atoms. The maximum absolute atomic E-state index is 12.7. The van der Waals surface area contributed by atoms with Gasteiger partial charge in [0.15, 0.2) is 5.78 Å². The summed E-state index contributed by atoms with van der Waals surface area (Å²) in [4.78, 5) is 24.3. The molecule has 0 fully saturated rings. The zero-order chi connectivity index (χ0) is 21.9. The third-order valence-corrected chi connectivity index (χ3v) is 6.05. The van der Waals surface area contributed by atoms with E-state index in [4.69, 9.17) is 11.6 Å². The Balaban J connectivity index is 1.84. The summed E-state index contributed by atoms with van der Waals surface area (Å²) in [6, 6.07) is 17.2. The number of halogens is 1. The van der Waals surface area contributed by atoms with Gasteiger partial charge in [0.1, 0.15) is 0 Å². The van der Waals surface area contributed by atoms with Crippen molar-refractivity contribution < 1.29 is 18.0 Å². The predicted octanol–water partition coefficient (Wildman–Crippen LogP) is 4.90. The number of carbonyl (C=O) groups excluding carboxylic acids is 2. The number of sulfonamides is 1. The lowest BCUT2D eigenvalue weighted by atomic mass is 10.1. The van der Waals surface area contributed by atoms with Gasteiger partial charge in [0.05, 0.1) is 15.5 Å². The van der Waals surface area contributed by atoms with Gasteiger partial charge >= 0.3 is 0 Å². The number of hydrogen-bond donors (Lipinski definition) is 2. The fraction of sp³-hybridized carbons (Fsp3) is 0.0909. The number of anilines is 2. The summed E-state index contributed by atoms with van der Waals surface area (Å²) in [5, 5.41) is 2.83. The van der Waals surface area contributed by atoms with E-state index in [2.05, 4.69) is 10.0 Å². The first kappa shape index (κ1) is 21.5. The fourth-order valence-corrected chi connectivity index (χ4v) is 3.96. The molecule has 6 nitrogen and oxygen atoms in total. The van der Waals surface area contributed by atoms with Crippen molar-refractivity contribution in [2.45, 2.75) is 18.7 Å². The number of carbonyl (C=O) groups is 2. The topological polar surface area (TPSA) is 92.3 Å². The van der Waals surface area contributed by atoms with Gasteiger partial charge in [0.2, 0.25) is 0 Å². The summed E-state index contributed by atoms with van der Waals surface area (Å²) < 4.78 is 27.6. The molecule has 0 aliphatic rings. The van der Waals surface area contributed by atoms with Crippen molar-refractivity contribution in [3.05, 3.63) is 88.4 Å². The number of nitrogens with one attached hydrogen (secondary N) is 2. The lowest BCUT2D eigenvalue weighted by Crippen LogP contribution is -2.16. The number of aryl methyl sites for hydroxylation is 1. The Hall–Kier alpha value is -3.16. The third kappa shape index (κ3) is 5.06. The highest BCUT2D eigenvalue weighted by Gasteiger charge is 2.17. The van der Waals surface area contributed by atoms with Crippen molar-refractivity contribution >= 4 is 44.7 Å². The first-order valence-electron chi connectivity index (χ1n) is 8.97. The van der Waals surface area contributed by atoms with Crippen molar-refractivity contribution in [2.75, 3.05) is 10.0 Å². The maximum atomic E-state index is 12.7. The van der Waals surface area contributed by atoms with Gasteiger partial charge in [-0.2, -0.15) is 0 Å². The van der Waals surface area contributed by atoms with Gasteiger partial charge < -0.3 is 5.32 Å². The van der Waals surface area contributed by atoms with E-state index in [1.54, 1.807) is 36.4 Å². The van der Waals surface area contributed by atoms with Crippen LogP contribution >= 0.6 is 11.6 Å². The van der Waals surface area contributed by atoms with Gasteiger partial charge in [-0.1, -0.05) is 41.4 Å². The van der Waals surface area contributed by atoms with E-state index in [1.165, 1.54) is 37.3 Å². The number of amides is 1. The first-order valence-corrected chi connectivity index (χ1v) is 10.8. The largest absolute Gasteiger partial charge is 0.322 e. The molecule has 3 aromatic carbocycles. The molecule has 2 N–H and O–H groups in total. The van der Waals surface area contributed by atoms with Gasteiger partial charge in [-0.05, 0) is 56.3 Å². The van der Waals surface area contributed by atoms with Crippen LogP contribution in [0.15, 0.2) is 71.6 Å². The molecule has 0 spiro atoms. The van der Waals surface area contributed by atoms with E-state index < -0.39 is 15.9 Å². The molecule has 0 saturated heterocycles. The molecule has 154 valence electrons. The monoisotopic (exact) mass is 442 g/mol. The average Bonchev–Trinajstić information content (AvgIpc) is 2.69. The van der Waals surface area contributed by atoms with Gasteiger partial charge in [0, 0.05) is 16.9 Å². The van der Waals surface area contributed by atoms with Crippen LogP contribution in [0.25, 0.3) is 0 Å². The summed E-state index contributed by atoms with van der Waals surface area (Å²) in [5.41, 5.74) is 2.11. The van der Waals surface area contributed by atoms with E-state index >= 15 is 0 Å². The lowest BCUT2D eigenvalue weighted by molar-refractivity contribution is 0.101. The molecule has 0 atom stereocenters. The molecule has 30 heavy (non-hydrogen) atoms. The van der Waals surface area contributed by atoms with E-state index in [1.807, 2.05) is 6.92 Å². The Bertz CT molecular complexity index is 1220. The highest BCUT2D eigenvalue weighted by atomic mass is 35.5. The summed E-state index contributed by atoms with van der Waals surface area (Å²) in [6.07, 6.45) is 0. The van der Waals surface area contributed by atoms with Gasteiger partial charge in [-0.25, -0.2) is 8.42 Å². The van der Waals surface area contributed by atoms with E-state index in [9.17, 15) is 18.0 Å². The second-order valence-electron chi connectivity index (χ2n) is 6.70. The van der Waals surface area contributed by atoms with Crippen LogP contribution in [-0.2, 0) is 10.0 Å². The van der Waals surface area contributed by atoms with Crippen LogP contribution < -0.4 is 10.0 Å². The van der Waals surface area contributed by atoms with Crippen molar-refractivity contribution in [2.24, 2.45) is 0 Å². The summed E-state index contributed by atoms with van der Waals surface area (Å²) in [5.74, 6) is -0.659. The molecule has 3 aromatic rings. The van der Waals surface area contributed by atoms with Gasteiger partial charge in [-0.3, -0.25) is 14.3 Å². The quantitative estimate of drug-likeness (QED) is 0.531. The lowest BCUT2D eigenvalue weighted by Gasteiger charge is -2.12. The average molecular weight is 443 g/mol. The number of hydrogen-bond acceptors (Lipinski definition) is 4. The zero-order valence-corrected chi connectivity index (χ0v) is 17.8. The fourth-order valence-electron chi connectivity index (χ4n) is 2.71. The second kappa shape index (κ2) is 8.69. The molecule has 1 amide bonds. The van der Waals surface area contributed by atoms with Gasteiger partial charge in [0.25, 0.3) is 15.9 Å². The Labute approximate surface area is 179 Å². The van der Waals surface area contributed by atoms with E-state index in [0.717, 1.165) is 5.56 Å². The minimum absolute atomic E-state index is 0.0917. The smallest absolute Gasteiger partial charge is 0.261 e. The molecule has 0 heterocycles. The van der Waals surface area contributed by atoms with E-state index in [0.29, 0.717) is 11.3 Å². The third-order valence-electron chi connectivity index (χ3n) is 4.32. The second-order valence-corrected chi connectivity index (χ2v) is 8.79. The molecular weight excluding hydrogens is 424 g/mol. The summed E-state index contributed by atoms with van der Waals surface area (Å²) in [6.45, 7) is 3.29. The van der Waals surface area contributed by atoms with Crippen molar-refractivity contribution in [3.8, 4) is 0 Å². The SMILES string of the molecule is CC(=O)c1cccc(NC(=O)c2cc(NS(=O)(=O)c3ccc(C)cc3)ccc2Cl)c1. The molecule has 8 heteroatoms. The molecule has 0 aliphatic heterocycles. The molecular formula is C22H19ClN2O4S. The standard InChI is InChI=1S/C22H19ClN2O4S/c1-14-6-9-19(10-7-14)30(28,29)25-18-8-11-21(23)20(13-18)22(27)24-17-5-3-4-16(12-17)15(2)26/h3-13,25H,1-2H3,(H,24,27).